The number of pyridine rings is 1. The lowest BCUT2D eigenvalue weighted by Gasteiger charge is -2.08. The number of rotatable bonds is 2. The van der Waals surface area contributed by atoms with Crippen molar-refractivity contribution in [2.24, 2.45) is 7.05 Å². The highest BCUT2D eigenvalue weighted by atomic mass is 79.9. The number of nitrogens with two attached hydrogens (primary N) is 1. The molecule has 6 heteroatoms. The number of nitrogens with one attached hydrogen (secondary N) is 1. The van der Waals surface area contributed by atoms with Gasteiger partial charge in [0.05, 0.1) is 11.3 Å². The average Bonchev–Trinajstić information content (AvgIpc) is 2.36. The summed E-state index contributed by atoms with van der Waals surface area (Å²) in [5.74, 6) is -0.322. The quantitative estimate of drug-likeness (QED) is 0.830. The van der Waals surface area contributed by atoms with Gasteiger partial charge < -0.3 is 15.6 Å². The summed E-state index contributed by atoms with van der Waals surface area (Å²) >= 11 is 3.29. The molecule has 0 aliphatic heterocycles. The van der Waals surface area contributed by atoms with Gasteiger partial charge in [-0.25, -0.2) is 0 Å². The van der Waals surface area contributed by atoms with Crippen LogP contribution >= 0.6 is 15.9 Å². The monoisotopic (exact) mass is 321 g/mol. The van der Waals surface area contributed by atoms with Crippen LogP contribution in [0.4, 0.5) is 11.4 Å². The molecule has 1 amide bonds. The van der Waals surface area contributed by atoms with E-state index in [1.165, 1.54) is 10.6 Å². The van der Waals surface area contributed by atoms with Crippen molar-refractivity contribution in [1.29, 1.82) is 0 Å². The van der Waals surface area contributed by atoms with Crippen molar-refractivity contribution in [1.82, 2.24) is 4.57 Å². The standard InChI is InChI=1S/C13H12BrN3O2/c1-17-7-9(3-5-12(17)18)16-13(19)10-6-8(14)2-4-11(10)15/h2-7H,15H2,1H3,(H,16,19). The Labute approximate surface area is 118 Å². The second kappa shape index (κ2) is 5.27. The highest BCUT2D eigenvalue weighted by Crippen LogP contribution is 2.19. The molecule has 0 aliphatic carbocycles. The first-order chi connectivity index (χ1) is 8.97. The summed E-state index contributed by atoms with van der Waals surface area (Å²) < 4.78 is 2.16. The third-order valence-electron chi connectivity index (χ3n) is 2.60. The van der Waals surface area contributed by atoms with E-state index in [1.54, 1.807) is 37.5 Å². The number of anilines is 2. The Hall–Kier alpha value is -2.08. The lowest BCUT2D eigenvalue weighted by atomic mass is 10.1. The second-order valence-corrected chi connectivity index (χ2v) is 4.97. The molecule has 1 aromatic heterocycles. The first kappa shape index (κ1) is 13.4. The molecule has 1 aromatic carbocycles. The number of amides is 1. The predicted octanol–water partition coefficient (Wildman–Crippen LogP) is 1.98. The summed E-state index contributed by atoms with van der Waals surface area (Å²) in [6, 6.07) is 8.00. The van der Waals surface area contributed by atoms with Gasteiger partial charge in [0.1, 0.15) is 0 Å². The summed E-state index contributed by atoms with van der Waals surface area (Å²) in [6.07, 6.45) is 1.55. The van der Waals surface area contributed by atoms with Crippen molar-refractivity contribution in [3.8, 4) is 0 Å². The van der Waals surface area contributed by atoms with Crippen LogP contribution in [0.3, 0.4) is 0 Å². The van der Waals surface area contributed by atoms with Gasteiger partial charge in [-0.2, -0.15) is 0 Å². The first-order valence-electron chi connectivity index (χ1n) is 5.50. The highest BCUT2D eigenvalue weighted by Gasteiger charge is 2.10. The number of benzene rings is 1. The molecule has 3 N–H and O–H groups in total. The number of aromatic nitrogens is 1. The average molecular weight is 322 g/mol. The Balaban J connectivity index is 2.28. The molecule has 2 rings (SSSR count). The smallest absolute Gasteiger partial charge is 0.257 e. The Morgan fingerprint density at radius 3 is 2.74 bits per heavy atom. The van der Waals surface area contributed by atoms with Crippen molar-refractivity contribution >= 4 is 33.2 Å². The maximum absolute atomic E-state index is 12.1. The number of hydrogen-bond donors (Lipinski definition) is 2. The fourth-order valence-corrected chi connectivity index (χ4v) is 1.95. The highest BCUT2D eigenvalue weighted by molar-refractivity contribution is 9.10. The minimum atomic E-state index is -0.322. The van der Waals surface area contributed by atoms with E-state index in [-0.39, 0.29) is 11.5 Å². The largest absolute Gasteiger partial charge is 0.398 e. The molecule has 0 saturated heterocycles. The molecule has 2 aromatic rings. The van der Waals surface area contributed by atoms with E-state index < -0.39 is 0 Å². The van der Waals surface area contributed by atoms with Crippen molar-refractivity contribution in [3.63, 3.8) is 0 Å². The van der Waals surface area contributed by atoms with Gasteiger partial charge in [0.25, 0.3) is 5.91 Å². The predicted molar refractivity (Wildman–Crippen MR) is 78.2 cm³/mol. The molecular formula is C13H12BrN3O2. The van der Waals surface area contributed by atoms with Crippen molar-refractivity contribution < 1.29 is 4.79 Å². The number of carbonyl (C=O) groups excluding carboxylic acids is 1. The Morgan fingerprint density at radius 2 is 2.05 bits per heavy atom. The van der Waals surface area contributed by atoms with Crippen LogP contribution in [-0.2, 0) is 7.05 Å². The van der Waals surface area contributed by atoms with Crippen molar-refractivity contribution in [3.05, 3.63) is 56.9 Å². The molecule has 0 spiro atoms. The first-order valence-corrected chi connectivity index (χ1v) is 6.30. The molecular weight excluding hydrogens is 310 g/mol. The molecule has 0 radical (unpaired) electrons. The zero-order valence-corrected chi connectivity index (χ0v) is 11.8. The normalized spacial score (nSPS) is 10.2. The van der Waals surface area contributed by atoms with Crippen molar-refractivity contribution in [2.45, 2.75) is 0 Å². The van der Waals surface area contributed by atoms with Crippen LogP contribution in [0.1, 0.15) is 10.4 Å². The Bertz CT molecular complexity index is 695. The van der Waals surface area contributed by atoms with Gasteiger partial charge in [-0.05, 0) is 24.3 Å². The summed E-state index contributed by atoms with van der Waals surface area (Å²) in [7, 11) is 1.62. The van der Waals surface area contributed by atoms with Gasteiger partial charge >= 0.3 is 0 Å². The number of aryl methyl sites for hydroxylation is 1. The van der Waals surface area contributed by atoms with Crippen LogP contribution < -0.4 is 16.6 Å². The van der Waals surface area contributed by atoms with E-state index in [0.29, 0.717) is 16.9 Å². The summed E-state index contributed by atoms with van der Waals surface area (Å²) in [4.78, 5) is 23.3. The van der Waals surface area contributed by atoms with Crippen molar-refractivity contribution in [2.75, 3.05) is 11.1 Å². The van der Waals surface area contributed by atoms with Gasteiger partial charge in [0.2, 0.25) is 5.56 Å². The topological polar surface area (TPSA) is 77.1 Å². The zero-order chi connectivity index (χ0) is 14.0. The molecule has 19 heavy (non-hydrogen) atoms. The maximum Gasteiger partial charge on any atom is 0.257 e. The summed E-state index contributed by atoms with van der Waals surface area (Å²) in [5, 5.41) is 2.69. The molecule has 0 aliphatic rings. The molecule has 0 bridgehead atoms. The van der Waals surface area contributed by atoms with Crippen LogP contribution in [0, 0.1) is 0 Å². The van der Waals surface area contributed by atoms with E-state index >= 15 is 0 Å². The summed E-state index contributed by atoms with van der Waals surface area (Å²) in [6.45, 7) is 0. The van der Waals surface area contributed by atoms with E-state index in [0.717, 1.165) is 4.47 Å². The number of hydrogen-bond acceptors (Lipinski definition) is 3. The number of nitrogen functional groups attached to an aromatic ring is 1. The Morgan fingerprint density at radius 1 is 1.32 bits per heavy atom. The molecule has 0 saturated carbocycles. The van der Waals surface area contributed by atoms with E-state index in [1.807, 2.05) is 0 Å². The second-order valence-electron chi connectivity index (χ2n) is 4.05. The fraction of sp³-hybridized carbons (Fsp3) is 0.0769. The third kappa shape index (κ3) is 3.03. The molecule has 0 atom stereocenters. The fourth-order valence-electron chi connectivity index (χ4n) is 1.59. The number of nitrogens with zero attached hydrogens (tertiary/aromatic N) is 1. The van der Waals surface area contributed by atoms with Gasteiger partial charge in [0, 0.05) is 29.5 Å². The van der Waals surface area contributed by atoms with Gasteiger partial charge in [-0.3, -0.25) is 9.59 Å². The lowest BCUT2D eigenvalue weighted by molar-refractivity contribution is 0.102. The van der Waals surface area contributed by atoms with Crippen LogP contribution in [0.15, 0.2) is 45.8 Å². The lowest BCUT2D eigenvalue weighted by Crippen LogP contribution is -2.18. The van der Waals surface area contributed by atoms with Gasteiger partial charge in [-0.1, -0.05) is 15.9 Å². The van der Waals surface area contributed by atoms with E-state index in [2.05, 4.69) is 21.2 Å². The summed E-state index contributed by atoms with van der Waals surface area (Å²) in [5.41, 5.74) is 6.93. The number of halogens is 1. The molecule has 1 heterocycles. The van der Waals surface area contributed by atoms with E-state index in [9.17, 15) is 9.59 Å². The molecule has 98 valence electrons. The molecule has 0 unspecified atom stereocenters. The Kier molecular flexibility index (Phi) is 3.71. The van der Waals surface area contributed by atoms with Crippen LogP contribution in [0.25, 0.3) is 0 Å². The maximum atomic E-state index is 12.1. The van der Waals surface area contributed by atoms with Gasteiger partial charge in [-0.15, -0.1) is 0 Å². The molecule has 0 fully saturated rings. The van der Waals surface area contributed by atoms with Crippen LogP contribution in [0.2, 0.25) is 0 Å². The van der Waals surface area contributed by atoms with Crippen LogP contribution in [-0.4, -0.2) is 10.5 Å². The van der Waals surface area contributed by atoms with E-state index in [4.69, 9.17) is 5.73 Å². The third-order valence-corrected chi connectivity index (χ3v) is 3.10. The van der Waals surface area contributed by atoms with Crippen LogP contribution in [0.5, 0.6) is 0 Å². The van der Waals surface area contributed by atoms with Gasteiger partial charge in [0.15, 0.2) is 0 Å². The minimum absolute atomic E-state index is 0.139. The SMILES string of the molecule is Cn1cc(NC(=O)c2cc(Br)ccc2N)ccc1=O. The zero-order valence-electron chi connectivity index (χ0n) is 10.2. The number of carbonyl (C=O) groups is 1. The minimum Gasteiger partial charge on any atom is -0.398 e. The molecule has 5 nitrogen and oxygen atoms in total.